The maximum atomic E-state index is 11.0. The fourth-order valence-electron chi connectivity index (χ4n) is 1.28. The van der Waals surface area contributed by atoms with Crippen molar-refractivity contribution >= 4 is 34.9 Å². The average Bonchev–Trinajstić information content (AvgIpc) is 2.81. The topological polar surface area (TPSA) is 107 Å². The highest BCUT2D eigenvalue weighted by Crippen LogP contribution is 2.34. The van der Waals surface area contributed by atoms with Crippen molar-refractivity contribution in [3.8, 4) is 0 Å². The van der Waals surface area contributed by atoms with Crippen LogP contribution in [-0.4, -0.2) is 30.8 Å². The molecule has 2 aromatic heterocycles. The summed E-state index contributed by atoms with van der Waals surface area (Å²) >= 11 is 2.31. The monoisotopic (exact) mass is 312 g/mol. The van der Waals surface area contributed by atoms with Crippen LogP contribution in [0.1, 0.15) is 19.2 Å². The van der Waals surface area contributed by atoms with Gasteiger partial charge in [0.25, 0.3) is 0 Å². The third-order valence-electron chi connectivity index (χ3n) is 2.16. The van der Waals surface area contributed by atoms with Gasteiger partial charge >= 0.3 is 5.69 Å². The van der Waals surface area contributed by atoms with Crippen LogP contribution in [0, 0.1) is 17.0 Å². The van der Waals surface area contributed by atoms with Gasteiger partial charge in [-0.2, -0.15) is 9.36 Å². The largest absolute Gasteiger partial charge is 0.354 e. The lowest BCUT2D eigenvalue weighted by Crippen LogP contribution is -2.06. The summed E-state index contributed by atoms with van der Waals surface area (Å²) in [4.78, 5) is 22.8. The van der Waals surface area contributed by atoms with E-state index in [1.807, 2.05) is 6.92 Å². The molecule has 0 aliphatic rings. The third kappa shape index (κ3) is 3.61. The Morgan fingerprint density at radius 2 is 2.30 bits per heavy atom. The Labute approximate surface area is 123 Å². The molecule has 0 aliphatic carbocycles. The highest BCUT2D eigenvalue weighted by molar-refractivity contribution is 8.01. The second-order valence-electron chi connectivity index (χ2n) is 3.78. The molecule has 0 aromatic carbocycles. The number of nitro groups is 1. The zero-order valence-corrected chi connectivity index (χ0v) is 12.5. The van der Waals surface area contributed by atoms with E-state index in [0.29, 0.717) is 22.7 Å². The molecule has 2 aromatic rings. The molecule has 0 bridgehead atoms. The zero-order valence-electron chi connectivity index (χ0n) is 10.9. The van der Waals surface area contributed by atoms with E-state index < -0.39 is 4.92 Å². The van der Waals surface area contributed by atoms with Crippen molar-refractivity contribution < 1.29 is 4.92 Å². The van der Waals surface area contributed by atoms with Gasteiger partial charge in [-0.05, 0) is 36.6 Å². The number of hydrogen-bond donors (Lipinski definition) is 1. The third-order valence-corrected chi connectivity index (χ3v) is 3.99. The molecular formula is C10H12N6O2S2. The molecule has 1 N–H and O–H groups in total. The van der Waals surface area contributed by atoms with Gasteiger partial charge < -0.3 is 5.32 Å². The van der Waals surface area contributed by atoms with Crippen molar-refractivity contribution in [3.05, 3.63) is 22.1 Å². The SMILES string of the molecule is CCCNc1ncc([N+](=O)[O-])c(Sc2nc(C)ns2)n1. The summed E-state index contributed by atoms with van der Waals surface area (Å²) < 4.78 is 4.66. The van der Waals surface area contributed by atoms with Crippen LogP contribution in [0.3, 0.4) is 0 Å². The predicted molar refractivity (Wildman–Crippen MR) is 76.2 cm³/mol. The molecule has 0 radical (unpaired) electrons. The van der Waals surface area contributed by atoms with Crippen LogP contribution >= 0.6 is 23.3 Å². The standard InChI is InChI=1S/C10H12N6O2S2/c1-3-4-11-9-12-5-7(16(17)18)8(14-9)19-10-13-6(2)15-20-10/h5H,3-4H2,1-2H3,(H,11,12,14). The Kier molecular flexibility index (Phi) is 4.79. The van der Waals surface area contributed by atoms with Gasteiger partial charge in [-0.25, -0.2) is 9.97 Å². The fourth-order valence-corrected chi connectivity index (χ4v) is 2.91. The molecule has 2 heterocycles. The second-order valence-corrected chi connectivity index (χ2v) is 5.77. The van der Waals surface area contributed by atoms with Gasteiger partial charge in [0.15, 0.2) is 9.37 Å². The molecule has 106 valence electrons. The van der Waals surface area contributed by atoms with Gasteiger partial charge in [-0.1, -0.05) is 6.92 Å². The van der Waals surface area contributed by atoms with E-state index >= 15 is 0 Å². The van der Waals surface area contributed by atoms with E-state index in [-0.39, 0.29) is 10.7 Å². The van der Waals surface area contributed by atoms with Gasteiger partial charge in [-0.15, -0.1) is 0 Å². The first-order valence-corrected chi connectivity index (χ1v) is 7.42. The van der Waals surface area contributed by atoms with Gasteiger partial charge in [-0.3, -0.25) is 10.1 Å². The maximum Gasteiger partial charge on any atom is 0.320 e. The van der Waals surface area contributed by atoms with Gasteiger partial charge in [0.1, 0.15) is 12.0 Å². The summed E-state index contributed by atoms with van der Waals surface area (Å²) in [6.07, 6.45) is 2.12. The van der Waals surface area contributed by atoms with Crippen LogP contribution in [0.4, 0.5) is 11.6 Å². The van der Waals surface area contributed by atoms with Gasteiger partial charge in [0.2, 0.25) is 5.95 Å². The normalized spacial score (nSPS) is 10.5. The lowest BCUT2D eigenvalue weighted by atomic mass is 10.5. The first-order chi connectivity index (χ1) is 9.60. The molecule has 20 heavy (non-hydrogen) atoms. The minimum absolute atomic E-state index is 0.134. The van der Waals surface area contributed by atoms with Crippen LogP contribution in [0.2, 0.25) is 0 Å². The number of anilines is 1. The minimum atomic E-state index is -0.500. The van der Waals surface area contributed by atoms with E-state index in [4.69, 9.17) is 0 Å². The van der Waals surface area contributed by atoms with Crippen molar-refractivity contribution in [1.29, 1.82) is 0 Å². The molecule has 8 nitrogen and oxygen atoms in total. The van der Waals surface area contributed by atoms with Crippen LogP contribution < -0.4 is 5.32 Å². The second kappa shape index (κ2) is 6.57. The Balaban J connectivity index is 2.28. The summed E-state index contributed by atoms with van der Waals surface area (Å²) in [5, 5.41) is 14.3. The first kappa shape index (κ1) is 14.6. The Morgan fingerprint density at radius 1 is 1.50 bits per heavy atom. The van der Waals surface area contributed by atoms with Crippen LogP contribution in [0.15, 0.2) is 15.6 Å². The quantitative estimate of drug-likeness (QED) is 0.492. The van der Waals surface area contributed by atoms with E-state index in [1.54, 1.807) is 6.92 Å². The van der Waals surface area contributed by atoms with E-state index in [0.717, 1.165) is 18.2 Å². The summed E-state index contributed by atoms with van der Waals surface area (Å²) in [6.45, 7) is 4.49. The Morgan fingerprint density at radius 3 is 2.90 bits per heavy atom. The zero-order chi connectivity index (χ0) is 14.5. The van der Waals surface area contributed by atoms with Crippen molar-refractivity contribution in [1.82, 2.24) is 19.3 Å². The average molecular weight is 312 g/mol. The smallest absolute Gasteiger partial charge is 0.320 e. The summed E-state index contributed by atoms with van der Waals surface area (Å²) in [5.74, 6) is 1.01. The van der Waals surface area contributed by atoms with E-state index in [2.05, 4.69) is 24.6 Å². The highest BCUT2D eigenvalue weighted by atomic mass is 32.2. The van der Waals surface area contributed by atoms with Gasteiger partial charge in [0.05, 0.1) is 4.92 Å². The number of nitrogens with zero attached hydrogens (tertiary/aromatic N) is 5. The number of nitrogens with one attached hydrogen (secondary N) is 1. The van der Waals surface area contributed by atoms with Crippen LogP contribution in [0.5, 0.6) is 0 Å². The van der Waals surface area contributed by atoms with Crippen molar-refractivity contribution in [2.24, 2.45) is 0 Å². The summed E-state index contributed by atoms with van der Waals surface area (Å²) in [7, 11) is 0. The van der Waals surface area contributed by atoms with E-state index in [9.17, 15) is 10.1 Å². The van der Waals surface area contributed by atoms with E-state index in [1.165, 1.54) is 17.7 Å². The Bertz CT molecular complexity index is 618. The van der Waals surface area contributed by atoms with Crippen molar-refractivity contribution in [2.45, 2.75) is 29.6 Å². The highest BCUT2D eigenvalue weighted by Gasteiger charge is 2.20. The molecule has 10 heteroatoms. The first-order valence-electron chi connectivity index (χ1n) is 5.83. The molecule has 0 fully saturated rings. The number of aromatic nitrogens is 4. The number of rotatable bonds is 6. The molecule has 0 saturated heterocycles. The Hall–Kier alpha value is -1.81. The molecule has 0 unspecified atom stereocenters. The number of aryl methyl sites for hydroxylation is 1. The summed E-state index contributed by atoms with van der Waals surface area (Å²) in [6, 6.07) is 0. The van der Waals surface area contributed by atoms with Crippen LogP contribution in [-0.2, 0) is 0 Å². The van der Waals surface area contributed by atoms with Crippen molar-refractivity contribution in [3.63, 3.8) is 0 Å². The molecule has 0 amide bonds. The molecule has 0 atom stereocenters. The van der Waals surface area contributed by atoms with Gasteiger partial charge in [0, 0.05) is 6.54 Å². The molecular weight excluding hydrogens is 300 g/mol. The fraction of sp³-hybridized carbons (Fsp3) is 0.400. The predicted octanol–water partition coefficient (Wildman–Crippen LogP) is 2.52. The number of hydrogen-bond acceptors (Lipinski definition) is 9. The van der Waals surface area contributed by atoms with Crippen molar-refractivity contribution in [2.75, 3.05) is 11.9 Å². The van der Waals surface area contributed by atoms with Crippen LogP contribution in [0.25, 0.3) is 0 Å². The lowest BCUT2D eigenvalue weighted by molar-refractivity contribution is -0.388. The minimum Gasteiger partial charge on any atom is -0.354 e. The molecule has 0 spiro atoms. The molecule has 2 rings (SSSR count). The lowest BCUT2D eigenvalue weighted by Gasteiger charge is -2.04. The molecule has 0 saturated carbocycles. The summed E-state index contributed by atoms with van der Waals surface area (Å²) in [5.41, 5.74) is -0.134. The maximum absolute atomic E-state index is 11.0. The molecule has 0 aliphatic heterocycles.